The van der Waals surface area contributed by atoms with Crippen molar-refractivity contribution in [3.63, 3.8) is 0 Å². The summed E-state index contributed by atoms with van der Waals surface area (Å²) in [6, 6.07) is 17.6. The van der Waals surface area contributed by atoms with Crippen molar-refractivity contribution in [3.05, 3.63) is 65.7 Å². The van der Waals surface area contributed by atoms with E-state index in [1.807, 2.05) is 61.5 Å². The lowest BCUT2D eigenvalue weighted by molar-refractivity contribution is -0.125. The minimum Gasteiger partial charge on any atom is -0.349 e. The highest BCUT2D eigenvalue weighted by Crippen LogP contribution is 2.40. The molecule has 2 aromatic rings. The monoisotopic (exact) mass is 336 g/mol. The minimum atomic E-state index is -0.229. The first-order valence-electron chi connectivity index (χ1n) is 8.84. The van der Waals surface area contributed by atoms with Gasteiger partial charge in [-0.15, -0.1) is 0 Å². The molecule has 0 aromatic heterocycles. The SMILES string of the molecule is CCc1ccccc1NC(=O)C1CC1C(=O)NC(C)c1ccccc1. The second-order valence-corrected chi connectivity index (χ2v) is 6.59. The van der Waals surface area contributed by atoms with Gasteiger partial charge in [-0.25, -0.2) is 0 Å². The van der Waals surface area contributed by atoms with E-state index in [9.17, 15) is 9.59 Å². The number of carbonyl (C=O) groups is 2. The molecule has 25 heavy (non-hydrogen) atoms. The molecule has 0 heterocycles. The van der Waals surface area contributed by atoms with Gasteiger partial charge in [-0.2, -0.15) is 0 Å². The summed E-state index contributed by atoms with van der Waals surface area (Å²) in [5.41, 5.74) is 3.02. The maximum atomic E-state index is 12.4. The van der Waals surface area contributed by atoms with E-state index in [2.05, 4.69) is 17.6 Å². The maximum absolute atomic E-state index is 12.4. The standard InChI is InChI=1S/C21H24N2O2/c1-3-15-9-7-8-12-19(15)23-21(25)18-13-17(18)20(24)22-14(2)16-10-5-4-6-11-16/h4-12,14,17-18H,3,13H2,1-2H3,(H,22,24)(H,23,25). The van der Waals surface area contributed by atoms with Crippen molar-refractivity contribution in [3.8, 4) is 0 Å². The fraction of sp³-hybridized carbons (Fsp3) is 0.333. The molecule has 3 atom stereocenters. The van der Waals surface area contributed by atoms with Gasteiger partial charge in [0.1, 0.15) is 0 Å². The summed E-state index contributed by atoms with van der Waals surface area (Å²) >= 11 is 0. The van der Waals surface area contributed by atoms with Gasteiger partial charge in [-0.1, -0.05) is 55.5 Å². The zero-order valence-corrected chi connectivity index (χ0v) is 14.7. The summed E-state index contributed by atoms with van der Waals surface area (Å²) in [4.78, 5) is 24.8. The molecular weight excluding hydrogens is 312 g/mol. The van der Waals surface area contributed by atoms with Crippen molar-refractivity contribution in [2.45, 2.75) is 32.7 Å². The van der Waals surface area contributed by atoms with Crippen LogP contribution < -0.4 is 10.6 Å². The highest BCUT2D eigenvalue weighted by atomic mass is 16.2. The van der Waals surface area contributed by atoms with Crippen molar-refractivity contribution in [1.82, 2.24) is 5.32 Å². The normalized spacial score (nSPS) is 19.8. The van der Waals surface area contributed by atoms with Gasteiger partial charge in [0, 0.05) is 5.69 Å². The largest absolute Gasteiger partial charge is 0.349 e. The van der Waals surface area contributed by atoms with E-state index >= 15 is 0 Å². The molecular formula is C21H24N2O2. The van der Waals surface area contributed by atoms with Crippen LogP contribution in [0.4, 0.5) is 5.69 Å². The highest BCUT2D eigenvalue weighted by Gasteiger charge is 2.48. The first kappa shape index (κ1) is 17.2. The van der Waals surface area contributed by atoms with Gasteiger partial charge in [0.25, 0.3) is 0 Å². The smallest absolute Gasteiger partial charge is 0.228 e. The number of amides is 2. The summed E-state index contributed by atoms with van der Waals surface area (Å²) in [6.07, 6.45) is 1.48. The van der Waals surface area contributed by atoms with Gasteiger partial charge in [-0.05, 0) is 37.0 Å². The number of nitrogens with one attached hydrogen (secondary N) is 2. The van der Waals surface area contributed by atoms with E-state index < -0.39 is 0 Å². The van der Waals surface area contributed by atoms with Crippen molar-refractivity contribution in [1.29, 1.82) is 0 Å². The molecule has 2 aromatic carbocycles. The summed E-state index contributed by atoms with van der Waals surface area (Å²) in [6.45, 7) is 4.02. The number of hydrogen-bond donors (Lipinski definition) is 2. The van der Waals surface area contributed by atoms with E-state index in [0.717, 1.165) is 23.2 Å². The van der Waals surface area contributed by atoms with Crippen LogP contribution >= 0.6 is 0 Å². The van der Waals surface area contributed by atoms with E-state index in [4.69, 9.17) is 0 Å². The Kier molecular flexibility index (Phi) is 5.17. The molecule has 130 valence electrons. The van der Waals surface area contributed by atoms with Gasteiger partial charge >= 0.3 is 0 Å². The van der Waals surface area contributed by atoms with Crippen LogP contribution in [0.5, 0.6) is 0 Å². The average molecular weight is 336 g/mol. The van der Waals surface area contributed by atoms with E-state index in [1.54, 1.807) is 0 Å². The summed E-state index contributed by atoms with van der Waals surface area (Å²) in [5, 5.41) is 5.98. The van der Waals surface area contributed by atoms with Gasteiger partial charge in [0.2, 0.25) is 11.8 Å². The minimum absolute atomic E-state index is 0.0414. The molecule has 4 heteroatoms. The number of carbonyl (C=O) groups excluding carboxylic acids is 2. The van der Waals surface area contributed by atoms with Crippen LogP contribution in [-0.4, -0.2) is 11.8 Å². The number of anilines is 1. The van der Waals surface area contributed by atoms with Crippen molar-refractivity contribution < 1.29 is 9.59 Å². The topological polar surface area (TPSA) is 58.2 Å². The highest BCUT2D eigenvalue weighted by molar-refractivity contribution is 6.00. The molecule has 2 amide bonds. The van der Waals surface area contributed by atoms with Gasteiger partial charge in [-0.3, -0.25) is 9.59 Å². The lowest BCUT2D eigenvalue weighted by atomic mass is 10.1. The molecule has 0 aliphatic heterocycles. The van der Waals surface area contributed by atoms with Crippen LogP contribution in [-0.2, 0) is 16.0 Å². The molecule has 4 nitrogen and oxygen atoms in total. The van der Waals surface area contributed by atoms with E-state index in [1.165, 1.54) is 0 Å². The summed E-state index contributed by atoms with van der Waals surface area (Å²) < 4.78 is 0. The van der Waals surface area contributed by atoms with Crippen molar-refractivity contribution in [2.75, 3.05) is 5.32 Å². The Labute approximate surface area is 148 Å². The Morgan fingerprint density at radius 2 is 1.64 bits per heavy atom. The Balaban J connectivity index is 1.55. The number of rotatable bonds is 6. The lowest BCUT2D eigenvalue weighted by Gasteiger charge is -2.14. The molecule has 1 aliphatic carbocycles. The van der Waals surface area contributed by atoms with Crippen LogP contribution in [0.1, 0.15) is 37.4 Å². The predicted octanol–water partition coefficient (Wildman–Crippen LogP) is 3.70. The van der Waals surface area contributed by atoms with Crippen LogP contribution in [0.15, 0.2) is 54.6 Å². The van der Waals surface area contributed by atoms with Gasteiger partial charge in [0.15, 0.2) is 0 Å². The zero-order chi connectivity index (χ0) is 17.8. The number of benzene rings is 2. The Morgan fingerprint density at radius 3 is 2.36 bits per heavy atom. The van der Waals surface area contributed by atoms with E-state index in [0.29, 0.717) is 6.42 Å². The molecule has 0 bridgehead atoms. The first-order chi connectivity index (χ1) is 12.1. The van der Waals surface area contributed by atoms with Crippen LogP contribution in [0.2, 0.25) is 0 Å². The molecule has 1 aliphatic rings. The molecule has 3 unspecified atom stereocenters. The maximum Gasteiger partial charge on any atom is 0.228 e. The lowest BCUT2D eigenvalue weighted by Crippen LogP contribution is -2.29. The van der Waals surface area contributed by atoms with Crippen LogP contribution in [0, 0.1) is 11.8 Å². The number of para-hydroxylation sites is 1. The first-order valence-corrected chi connectivity index (χ1v) is 8.84. The molecule has 1 saturated carbocycles. The predicted molar refractivity (Wildman–Crippen MR) is 99.0 cm³/mol. The third-order valence-corrected chi connectivity index (χ3v) is 4.78. The molecule has 1 fully saturated rings. The quantitative estimate of drug-likeness (QED) is 0.845. The summed E-state index contributed by atoms with van der Waals surface area (Å²) in [5.74, 6) is -0.554. The third kappa shape index (κ3) is 4.08. The third-order valence-electron chi connectivity index (χ3n) is 4.78. The fourth-order valence-corrected chi connectivity index (χ4v) is 3.10. The second kappa shape index (κ2) is 7.51. The van der Waals surface area contributed by atoms with Crippen LogP contribution in [0.3, 0.4) is 0 Å². The van der Waals surface area contributed by atoms with Crippen LogP contribution in [0.25, 0.3) is 0 Å². The molecule has 3 rings (SSSR count). The zero-order valence-electron chi connectivity index (χ0n) is 14.7. The molecule has 0 radical (unpaired) electrons. The van der Waals surface area contributed by atoms with Gasteiger partial charge in [0.05, 0.1) is 17.9 Å². The molecule has 2 N–H and O–H groups in total. The number of hydrogen-bond acceptors (Lipinski definition) is 2. The summed E-state index contributed by atoms with van der Waals surface area (Å²) in [7, 11) is 0. The van der Waals surface area contributed by atoms with Crippen molar-refractivity contribution >= 4 is 17.5 Å². The molecule has 0 saturated heterocycles. The Morgan fingerprint density at radius 1 is 1.00 bits per heavy atom. The van der Waals surface area contributed by atoms with Gasteiger partial charge < -0.3 is 10.6 Å². The Bertz CT molecular complexity index is 758. The van der Waals surface area contributed by atoms with Crippen molar-refractivity contribution in [2.24, 2.45) is 11.8 Å². The average Bonchev–Trinajstić information content (AvgIpc) is 3.44. The second-order valence-electron chi connectivity index (χ2n) is 6.59. The van der Waals surface area contributed by atoms with E-state index in [-0.39, 0.29) is 29.7 Å². The molecule has 0 spiro atoms. The fourth-order valence-electron chi connectivity index (χ4n) is 3.10. The number of aryl methyl sites for hydroxylation is 1. The Hall–Kier alpha value is -2.62.